The van der Waals surface area contributed by atoms with Crippen LogP contribution in [-0.4, -0.2) is 48.5 Å². The predicted molar refractivity (Wildman–Crippen MR) is 133 cm³/mol. The summed E-state index contributed by atoms with van der Waals surface area (Å²) in [5.74, 6) is 1.22. The van der Waals surface area contributed by atoms with Crippen molar-refractivity contribution in [1.82, 2.24) is 4.98 Å². The molecule has 33 heavy (non-hydrogen) atoms. The van der Waals surface area contributed by atoms with Crippen LogP contribution in [0.15, 0.2) is 78.0 Å². The Morgan fingerprint density at radius 3 is 2.76 bits per heavy atom. The average Bonchev–Trinajstić information content (AvgIpc) is 2.84. The minimum atomic E-state index is -0.859. The Labute approximate surface area is 196 Å². The number of methoxy groups -OCH3 is 1. The largest absolute Gasteiger partial charge is 0.496 e. The van der Waals surface area contributed by atoms with Crippen molar-refractivity contribution in [2.75, 3.05) is 20.8 Å². The number of ketones is 1. The van der Waals surface area contributed by atoms with Crippen molar-refractivity contribution in [3.8, 4) is 11.5 Å². The smallest absolute Gasteiger partial charge is 0.158 e. The second kappa shape index (κ2) is 14.5. The van der Waals surface area contributed by atoms with Gasteiger partial charge in [0.05, 0.1) is 24.6 Å². The monoisotopic (exact) mass is 448 g/mol. The number of nitrogens with zero attached hydrogens (tertiary/aromatic N) is 2. The Morgan fingerprint density at radius 1 is 1.21 bits per heavy atom. The van der Waals surface area contributed by atoms with Crippen LogP contribution in [0.1, 0.15) is 31.0 Å². The molecule has 0 amide bonds. The van der Waals surface area contributed by atoms with E-state index >= 15 is 0 Å². The van der Waals surface area contributed by atoms with E-state index < -0.39 is 6.10 Å². The molecule has 174 valence electrons. The number of ether oxygens (including phenoxy) is 2. The van der Waals surface area contributed by atoms with Gasteiger partial charge in [-0.25, -0.2) is 0 Å². The Balaban J connectivity index is 1.88. The highest BCUT2D eigenvalue weighted by molar-refractivity contribution is 5.96. The van der Waals surface area contributed by atoms with Gasteiger partial charge in [0.2, 0.25) is 0 Å². The fraction of sp³-hybridized carbons (Fsp3) is 0.296. The van der Waals surface area contributed by atoms with Gasteiger partial charge < -0.3 is 14.6 Å². The van der Waals surface area contributed by atoms with Crippen molar-refractivity contribution in [3.63, 3.8) is 0 Å². The molecule has 1 aromatic carbocycles. The van der Waals surface area contributed by atoms with Gasteiger partial charge in [-0.2, -0.15) is 0 Å². The average molecular weight is 449 g/mol. The maximum Gasteiger partial charge on any atom is 0.158 e. The van der Waals surface area contributed by atoms with Gasteiger partial charge in [-0.3, -0.25) is 14.8 Å². The molecule has 0 aliphatic carbocycles. The molecule has 0 saturated carbocycles. The molecule has 1 aromatic heterocycles. The molecule has 1 N–H and O–H groups in total. The van der Waals surface area contributed by atoms with Gasteiger partial charge in [-0.05, 0) is 54.8 Å². The number of allylic oxidation sites excluding steroid dienone is 3. The molecule has 1 heterocycles. The molecule has 0 radical (unpaired) electrons. The van der Waals surface area contributed by atoms with Gasteiger partial charge in [0.1, 0.15) is 18.1 Å². The lowest BCUT2D eigenvalue weighted by Gasteiger charge is -2.11. The maximum atomic E-state index is 12.0. The highest BCUT2D eigenvalue weighted by Crippen LogP contribution is 2.25. The minimum Gasteiger partial charge on any atom is -0.496 e. The number of rotatable bonds is 13. The number of aliphatic imine (C=N–C) groups is 1. The second-order valence-electron chi connectivity index (χ2n) is 7.25. The van der Waals surface area contributed by atoms with Gasteiger partial charge in [-0.1, -0.05) is 37.3 Å². The molecule has 6 heteroatoms. The zero-order valence-corrected chi connectivity index (χ0v) is 19.5. The fourth-order valence-corrected chi connectivity index (χ4v) is 2.93. The summed E-state index contributed by atoms with van der Waals surface area (Å²) in [6.07, 6.45) is 12.9. The van der Waals surface area contributed by atoms with Crippen LogP contribution in [0.5, 0.6) is 11.5 Å². The SMILES string of the molecule is CC/C=C\C(COc1ccc(C/C=C/C(O)CC(=O)/C=C/c2ccccn2)c(OC)c1)=N/C. The highest BCUT2D eigenvalue weighted by atomic mass is 16.5. The normalized spacial score (nSPS) is 13.2. The zero-order chi connectivity index (χ0) is 23.9. The Bertz CT molecular complexity index is 994. The highest BCUT2D eigenvalue weighted by Gasteiger charge is 2.07. The summed E-state index contributed by atoms with van der Waals surface area (Å²) in [6.45, 7) is 2.45. The Morgan fingerprint density at radius 2 is 2.06 bits per heavy atom. The number of hydrogen-bond acceptors (Lipinski definition) is 6. The number of aromatic nitrogens is 1. The van der Waals surface area contributed by atoms with Crippen molar-refractivity contribution < 1.29 is 19.4 Å². The molecular formula is C27H32N2O4. The third kappa shape index (κ3) is 9.66. The lowest BCUT2D eigenvalue weighted by molar-refractivity contribution is -0.115. The van der Waals surface area contributed by atoms with Crippen LogP contribution < -0.4 is 9.47 Å². The number of pyridine rings is 1. The van der Waals surface area contributed by atoms with Crippen molar-refractivity contribution in [1.29, 1.82) is 0 Å². The van der Waals surface area contributed by atoms with Gasteiger partial charge in [0.15, 0.2) is 5.78 Å². The van der Waals surface area contributed by atoms with Crippen molar-refractivity contribution in [3.05, 3.63) is 84.2 Å². The van der Waals surface area contributed by atoms with E-state index in [-0.39, 0.29) is 12.2 Å². The lowest BCUT2D eigenvalue weighted by Crippen LogP contribution is -2.09. The molecule has 0 bridgehead atoms. The zero-order valence-electron chi connectivity index (χ0n) is 19.5. The quantitative estimate of drug-likeness (QED) is 0.274. The van der Waals surface area contributed by atoms with Crippen LogP contribution in [0.2, 0.25) is 0 Å². The number of aliphatic hydroxyl groups is 1. The molecule has 0 aliphatic rings. The van der Waals surface area contributed by atoms with Crippen LogP contribution in [-0.2, 0) is 11.2 Å². The lowest BCUT2D eigenvalue weighted by atomic mass is 10.1. The van der Waals surface area contributed by atoms with Gasteiger partial charge in [0, 0.05) is 25.7 Å². The molecular weight excluding hydrogens is 416 g/mol. The van der Waals surface area contributed by atoms with E-state index in [0.29, 0.717) is 30.2 Å². The summed E-state index contributed by atoms with van der Waals surface area (Å²) in [5, 5.41) is 10.1. The summed E-state index contributed by atoms with van der Waals surface area (Å²) >= 11 is 0. The molecule has 0 saturated heterocycles. The van der Waals surface area contributed by atoms with Crippen molar-refractivity contribution in [2.24, 2.45) is 4.99 Å². The van der Waals surface area contributed by atoms with Crippen LogP contribution in [0.3, 0.4) is 0 Å². The minimum absolute atomic E-state index is 0.0114. The third-order valence-corrected chi connectivity index (χ3v) is 4.71. The Hall–Kier alpha value is -3.51. The first-order valence-corrected chi connectivity index (χ1v) is 10.9. The first-order valence-electron chi connectivity index (χ1n) is 10.9. The number of carbonyl (C=O) groups is 1. The summed E-state index contributed by atoms with van der Waals surface area (Å²) in [5.41, 5.74) is 2.51. The topological polar surface area (TPSA) is 81.0 Å². The van der Waals surface area contributed by atoms with E-state index in [0.717, 1.165) is 17.7 Å². The fourth-order valence-electron chi connectivity index (χ4n) is 2.93. The van der Waals surface area contributed by atoms with E-state index in [1.54, 1.807) is 32.5 Å². The van der Waals surface area contributed by atoms with Crippen LogP contribution >= 0.6 is 0 Å². The van der Waals surface area contributed by atoms with Gasteiger partial charge >= 0.3 is 0 Å². The summed E-state index contributed by atoms with van der Waals surface area (Å²) in [7, 11) is 3.35. The molecule has 2 aromatic rings. The maximum absolute atomic E-state index is 12.0. The molecule has 2 rings (SSSR count). The van der Waals surface area contributed by atoms with Crippen LogP contribution in [0.25, 0.3) is 6.08 Å². The van der Waals surface area contributed by atoms with Crippen molar-refractivity contribution >= 4 is 17.6 Å². The Kier molecular flexibility index (Phi) is 11.3. The molecule has 0 spiro atoms. The van der Waals surface area contributed by atoms with E-state index in [9.17, 15) is 9.90 Å². The van der Waals surface area contributed by atoms with Gasteiger partial charge in [0.25, 0.3) is 0 Å². The van der Waals surface area contributed by atoms with E-state index in [1.807, 2.05) is 54.6 Å². The van der Waals surface area contributed by atoms with Crippen LogP contribution in [0, 0.1) is 0 Å². The van der Waals surface area contributed by atoms with Crippen LogP contribution in [0.4, 0.5) is 0 Å². The molecule has 1 unspecified atom stereocenters. The van der Waals surface area contributed by atoms with E-state index in [4.69, 9.17) is 9.47 Å². The third-order valence-electron chi connectivity index (χ3n) is 4.71. The first-order chi connectivity index (χ1) is 16.0. The summed E-state index contributed by atoms with van der Waals surface area (Å²) in [4.78, 5) is 20.4. The van der Waals surface area contributed by atoms with E-state index in [2.05, 4.69) is 16.9 Å². The van der Waals surface area contributed by atoms with E-state index in [1.165, 1.54) is 6.08 Å². The molecule has 0 aliphatic heterocycles. The number of benzene rings is 1. The molecule has 0 fully saturated rings. The predicted octanol–water partition coefficient (Wildman–Crippen LogP) is 4.64. The molecule has 1 atom stereocenters. The number of hydrogen-bond donors (Lipinski definition) is 1. The van der Waals surface area contributed by atoms with Crippen molar-refractivity contribution in [2.45, 2.75) is 32.3 Å². The molecule has 6 nitrogen and oxygen atoms in total. The summed E-state index contributed by atoms with van der Waals surface area (Å²) < 4.78 is 11.3. The standard InChI is InChI=1S/C27H32N2O4/c1-4-5-10-23(28-2)20-33-26-16-13-21(27(19-26)32-3)9-8-12-24(30)18-25(31)15-14-22-11-6-7-17-29-22/h5-8,10-17,19,24,30H,4,9,18,20H2,1-3H3/b10-5-,12-8+,15-14+,28-23+. The van der Waals surface area contributed by atoms with Gasteiger partial charge in [-0.15, -0.1) is 0 Å². The number of aliphatic hydroxyl groups excluding tert-OH is 1. The number of carbonyl (C=O) groups excluding carboxylic acids is 1. The first kappa shape index (κ1) is 25.7. The second-order valence-corrected chi connectivity index (χ2v) is 7.25. The summed E-state index contributed by atoms with van der Waals surface area (Å²) in [6, 6.07) is 11.1.